The Bertz CT molecular complexity index is 578. The molecule has 2 saturated heterocycles. The fraction of sp³-hybridized carbons (Fsp3) is 0.611. The number of fused-ring (bicyclic) bond motifs is 1. The van der Waals surface area contributed by atoms with Gasteiger partial charge in [-0.2, -0.15) is 0 Å². The van der Waals surface area contributed by atoms with Gasteiger partial charge in [-0.15, -0.1) is 0 Å². The van der Waals surface area contributed by atoms with Gasteiger partial charge in [0.25, 0.3) is 0 Å². The van der Waals surface area contributed by atoms with Crippen LogP contribution in [0.15, 0.2) is 18.2 Å². The first-order valence-corrected chi connectivity index (χ1v) is 8.34. The largest absolute Gasteiger partial charge is 0.493 e. The van der Waals surface area contributed by atoms with Crippen LogP contribution >= 0.6 is 0 Å². The van der Waals surface area contributed by atoms with E-state index in [1.165, 1.54) is 11.1 Å². The van der Waals surface area contributed by atoms with Crippen LogP contribution in [0.4, 0.5) is 0 Å². The summed E-state index contributed by atoms with van der Waals surface area (Å²) in [5, 5.41) is 0. The number of rotatable bonds is 2. The van der Waals surface area contributed by atoms with Crippen molar-refractivity contribution in [3.05, 3.63) is 29.3 Å². The molecule has 0 unspecified atom stereocenters. The number of aryl methyl sites for hydroxylation is 1. The summed E-state index contributed by atoms with van der Waals surface area (Å²) in [5.74, 6) is 1.30. The Kier molecular flexibility index (Phi) is 3.57. The van der Waals surface area contributed by atoms with Crippen LogP contribution in [0, 0.1) is 5.41 Å². The Balaban J connectivity index is 1.50. The van der Waals surface area contributed by atoms with Crippen LogP contribution in [0.2, 0.25) is 0 Å². The second-order valence-electron chi connectivity index (χ2n) is 6.95. The van der Waals surface area contributed by atoms with E-state index in [2.05, 4.69) is 18.2 Å². The topological polar surface area (TPSA) is 38.8 Å². The van der Waals surface area contributed by atoms with E-state index in [0.29, 0.717) is 13.0 Å². The molecule has 0 saturated carbocycles. The molecule has 3 heterocycles. The molecule has 1 spiro atoms. The summed E-state index contributed by atoms with van der Waals surface area (Å²) in [6.07, 6.45) is 4.90. The Morgan fingerprint density at radius 2 is 2.14 bits per heavy atom. The fourth-order valence-corrected chi connectivity index (χ4v) is 3.95. The van der Waals surface area contributed by atoms with E-state index in [4.69, 9.17) is 9.47 Å². The van der Waals surface area contributed by atoms with E-state index < -0.39 is 0 Å². The molecule has 0 aromatic heterocycles. The average Bonchev–Trinajstić information content (AvgIpc) is 2.99. The van der Waals surface area contributed by atoms with Gasteiger partial charge in [0.05, 0.1) is 13.2 Å². The standard InChI is InChI=1S/C18H23NO3/c20-17-5-6-18(7-9-21-13-18)12-19(17)11-14-3-4-16-15(10-14)2-1-8-22-16/h3-4,10H,1-2,5-9,11-13H2/t18-/m1/s1. The lowest BCUT2D eigenvalue weighted by molar-refractivity contribution is -0.138. The first-order chi connectivity index (χ1) is 10.7. The van der Waals surface area contributed by atoms with Crippen LogP contribution in [-0.2, 0) is 22.5 Å². The molecule has 0 N–H and O–H groups in total. The van der Waals surface area contributed by atoms with E-state index in [1.54, 1.807) is 0 Å². The maximum Gasteiger partial charge on any atom is 0.222 e. The van der Waals surface area contributed by atoms with Crippen molar-refractivity contribution in [2.24, 2.45) is 5.41 Å². The molecule has 1 atom stereocenters. The second-order valence-corrected chi connectivity index (χ2v) is 6.95. The van der Waals surface area contributed by atoms with Crippen LogP contribution < -0.4 is 4.74 Å². The molecule has 0 aliphatic carbocycles. The van der Waals surface area contributed by atoms with Crippen molar-refractivity contribution in [2.75, 3.05) is 26.4 Å². The second kappa shape index (κ2) is 5.58. The van der Waals surface area contributed by atoms with E-state index in [9.17, 15) is 4.79 Å². The van der Waals surface area contributed by atoms with Crippen LogP contribution in [-0.4, -0.2) is 37.2 Å². The highest BCUT2D eigenvalue weighted by molar-refractivity contribution is 5.77. The molecule has 1 amide bonds. The summed E-state index contributed by atoms with van der Waals surface area (Å²) in [7, 11) is 0. The summed E-state index contributed by atoms with van der Waals surface area (Å²) >= 11 is 0. The third kappa shape index (κ3) is 2.60. The van der Waals surface area contributed by atoms with Gasteiger partial charge in [0.2, 0.25) is 5.91 Å². The zero-order chi connectivity index (χ0) is 15.0. The van der Waals surface area contributed by atoms with Gasteiger partial charge in [-0.1, -0.05) is 12.1 Å². The Morgan fingerprint density at radius 1 is 1.18 bits per heavy atom. The number of benzene rings is 1. The molecular formula is C18H23NO3. The minimum absolute atomic E-state index is 0.214. The number of hydrogen-bond donors (Lipinski definition) is 0. The van der Waals surface area contributed by atoms with Crippen molar-refractivity contribution in [3.8, 4) is 5.75 Å². The number of amides is 1. The molecule has 4 heteroatoms. The highest BCUT2D eigenvalue weighted by Gasteiger charge is 2.41. The molecule has 3 aliphatic heterocycles. The SMILES string of the molecule is O=C1CC[C@@]2(CCOC2)CN1Cc1ccc2c(c1)CCCO2. The van der Waals surface area contributed by atoms with Crippen molar-refractivity contribution >= 4 is 5.91 Å². The minimum Gasteiger partial charge on any atom is -0.493 e. The summed E-state index contributed by atoms with van der Waals surface area (Å²) in [6, 6.07) is 6.38. The number of ether oxygens (including phenoxy) is 2. The van der Waals surface area contributed by atoms with Gasteiger partial charge in [0.1, 0.15) is 5.75 Å². The third-order valence-corrected chi connectivity index (χ3v) is 5.28. The molecule has 0 bridgehead atoms. The van der Waals surface area contributed by atoms with Crippen LogP contribution in [0.3, 0.4) is 0 Å². The van der Waals surface area contributed by atoms with Gasteiger partial charge in [0, 0.05) is 31.5 Å². The van der Waals surface area contributed by atoms with Gasteiger partial charge in [0.15, 0.2) is 0 Å². The monoisotopic (exact) mass is 301 g/mol. The van der Waals surface area contributed by atoms with Gasteiger partial charge in [-0.25, -0.2) is 0 Å². The first-order valence-electron chi connectivity index (χ1n) is 8.34. The van der Waals surface area contributed by atoms with Crippen molar-refractivity contribution in [3.63, 3.8) is 0 Å². The Hall–Kier alpha value is -1.55. The summed E-state index contributed by atoms with van der Waals surface area (Å²) in [4.78, 5) is 14.3. The van der Waals surface area contributed by atoms with Crippen molar-refractivity contribution in [2.45, 2.75) is 38.6 Å². The van der Waals surface area contributed by atoms with Gasteiger partial charge in [-0.05, 0) is 42.9 Å². The van der Waals surface area contributed by atoms with Crippen LogP contribution in [0.5, 0.6) is 5.75 Å². The molecule has 4 rings (SSSR count). The Morgan fingerprint density at radius 3 is 3.00 bits per heavy atom. The molecule has 3 aliphatic rings. The van der Waals surface area contributed by atoms with Crippen molar-refractivity contribution < 1.29 is 14.3 Å². The number of carbonyl (C=O) groups is 1. The highest BCUT2D eigenvalue weighted by Crippen LogP contribution is 2.38. The number of likely N-dealkylation sites (tertiary alicyclic amines) is 1. The van der Waals surface area contributed by atoms with Crippen molar-refractivity contribution in [1.29, 1.82) is 0 Å². The maximum absolute atomic E-state index is 12.3. The lowest BCUT2D eigenvalue weighted by Gasteiger charge is -2.39. The van der Waals surface area contributed by atoms with Gasteiger partial charge in [-0.3, -0.25) is 4.79 Å². The molecule has 0 radical (unpaired) electrons. The molecule has 22 heavy (non-hydrogen) atoms. The molecule has 2 fully saturated rings. The molecule has 118 valence electrons. The quantitative estimate of drug-likeness (QED) is 0.842. The number of piperidine rings is 1. The highest BCUT2D eigenvalue weighted by atomic mass is 16.5. The van der Waals surface area contributed by atoms with E-state index >= 15 is 0 Å². The van der Waals surface area contributed by atoms with Crippen molar-refractivity contribution in [1.82, 2.24) is 4.90 Å². The van der Waals surface area contributed by atoms with E-state index in [-0.39, 0.29) is 11.3 Å². The summed E-state index contributed by atoms with van der Waals surface area (Å²) in [5.41, 5.74) is 2.71. The number of carbonyl (C=O) groups excluding carboxylic acids is 1. The summed E-state index contributed by atoms with van der Waals surface area (Å²) < 4.78 is 11.3. The fourth-order valence-electron chi connectivity index (χ4n) is 3.95. The van der Waals surface area contributed by atoms with E-state index in [0.717, 1.165) is 57.8 Å². The van der Waals surface area contributed by atoms with Gasteiger partial charge >= 0.3 is 0 Å². The maximum atomic E-state index is 12.3. The molecular weight excluding hydrogens is 278 g/mol. The summed E-state index contributed by atoms with van der Waals surface area (Å²) in [6.45, 7) is 4.04. The molecule has 1 aromatic rings. The molecule has 1 aromatic carbocycles. The number of nitrogens with zero attached hydrogens (tertiary/aromatic N) is 1. The first kappa shape index (κ1) is 14.1. The minimum atomic E-state index is 0.214. The number of hydrogen-bond acceptors (Lipinski definition) is 3. The normalized spacial score (nSPS) is 27.8. The zero-order valence-electron chi connectivity index (χ0n) is 13.0. The van der Waals surface area contributed by atoms with Gasteiger partial charge < -0.3 is 14.4 Å². The lowest BCUT2D eigenvalue weighted by atomic mass is 9.79. The molecule has 4 nitrogen and oxygen atoms in total. The van der Waals surface area contributed by atoms with Crippen LogP contribution in [0.25, 0.3) is 0 Å². The predicted molar refractivity (Wildman–Crippen MR) is 82.8 cm³/mol. The Labute approximate surface area is 131 Å². The lowest BCUT2D eigenvalue weighted by Crippen LogP contribution is -2.46. The average molecular weight is 301 g/mol. The third-order valence-electron chi connectivity index (χ3n) is 5.28. The van der Waals surface area contributed by atoms with E-state index in [1.807, 2.05) is 4.90 Å². The predicted octanol–water partition coefficient (Wildman–Crippen LogP) is 2.54. The zero-order valence-corrected chi connectivity index (χ0v) is 13.0. The smallest absolute Gasteiger partial charge is 0.222 e. The van der Waals surface area contributed by atoms with Crippen LogP contribution in [0.1, 0.15) is 36.8 Å².